The number of esters is 4. The number of aliphatic hydroxyl groups excluding tert-OH is 1. The Hall–Kier alpha value is -7.76. The van der Waals surface area contributed by atoms with Crippen LogP contribution in [-0.4, -0.2) is 142 Å². The summed E-state index contributed by atoms with van der Waals surface area (Å²) in [5.74, 6) is -3.61. The van der Waals surface area contributed by atoms with Crippen molar-refractivity contribution in [2.75, 3.05) is 20.8 Å². The Morgan fingerprint density at radius 2 is 0.987 bits per heavy atom. The highest BCUT2D eigenvalue weighted by molar-refractivity contribution is 5.90. The zero-order valence-electron chi connectivity index (χ0n) is 43.1. The first-order valence-electron chi connectivity index (χ1n) is 25.2. The molecule has 0 aliphatic carbocycles. The van der Waals surface area contributed by atoms with E-state index in [1.807, 2.05) is 6.07 Å². The zero-order chi connectivity index (χ0) is 55.7. The molecule has 23 nitrogen and oxygen atoms in total. The summed E-state index contributed by atoms with van der Waals surface area (Å²) < 4.78 is 75.5. The molecule has 3 aliphatic rings. The minimum absolute atomic E-state index is 0.0691. The maximum atomic E-state index is 14.5. The lowest BCUT2D eigenvalue weighted by Crippen LogP contribution is -2.68. The standard InChI is InChI=1S/C56H58N6O17/c1-4-38-42(63)44(75-51(65)36-26-16-8-17-27-36)40(59-61-57)55(73-38)78-47-46(71-31-34-22-12-6-13-23-34)49(76-52(66)37-28-18-9-19-29-37)56(79-48(47)53(67)68-2)77-43-39(32-72-50(64)35-24-14-7-15-25-35)74-54(69-3)41(60-62-58)45(43)70-30-33-20-10-5-11-21-33/h5-29,38-49,54-56,63H,4,30-32H2,1-3H3/t38?,39?,40?,41?,42-,43-,44-,45+,46+,47-,48?,49?,54+,55+,56-/m1/s1. The molecule has 1 N–H and O–H groups in total. The van der Waals surface area contributed by atoms with Gasteiger partial charge in [-0.2, -0.15) is 0 Å². The highest BCUT2D eigenvalue weighted by Crippen LogP contribution is 2.39. The molecule has 5 aromatic carbocycles. The predicted octanol–water partition coefficient (Wildman–Crippen LogP) is 7.36. The second-order valence-corrected chi connectivity index (χ2v) is 18.2. The average molecular weight is 1090 g/mol. The number of carbonyl (C=O) groups is 4. The number of rotatable bonds is 22. The van der Waals surface area contributed by atoms with Crippen LogP contribution < -0.4 is 0 Å². The topological polar surface area (TPSA) is 297 Å². The molecule has 6 unspecified atom stereocenters. The molecule has 0 aromatic heterocycles. The smallest absolute Gasteiger partial charge is 0.338 e. The van der Waals surface area contributed by atoms with Gasteiger partial charge < -0.3 is 61.9 Å². The lowest BCUT2D eigenvalue weighted by molar-refractivity contribution is -0.365. The van der Waals surface area contributed by atoms with E-state index < -0.39 is 122 Å². The van der Waals surface area contributed by atoms with Crippen molar-refractivity contribution in [1.29, 1.82) is 0 Å². The first kappa shape index (κ1) is 57.4. The van der Waals surface area contributed by atoms with E-state index in [4.69, 9.17) is 56.8 Å². The van der Waals surface area contributed by atoms with Crippen molar-refractivity contribution in [1.82, 2.24) is 0 Å². The van der Waals surface area contributed by atoms with E-state index in [-0.39, 0.29) is 36.3 Å². The summed E-state index contributed by atoms with van der Waals surface area (Å²) >= 11 is 0. The van der Waals surface area contributed by atoms with Crippen molar-refractivity contribution in [3.05, 3.63) is 200 Å². The third kappa shape index (κ3) is 14.3. The molecular weight excluding hydrogens is 1030 g/mol. The maximum Gasteiger partial charge on any atom is 0.338 e. The molecule has 3 fully saturated rings. The van der Waals surface area contributed by atoms with Crippen LogP contribution in [0.3, 0.4) is 0 Å². The van der Waals surface area contributed by atoms with Crippen molar-refractivity contribution in [2.24, 2.45) is 10.2 Å². The molecule has 0 bridgehead atoms. The van der Waals surface area contributed by atoms with Crippen LogP contribution in [0, 0.1) is 0 Å². The molecule has 0 amide bonds. The van der Waals surface area contributed by atoms with Crippen molar-refractivity contribution in [3.8, 4) is 0 Å². The Kier molecular flexibility index (Phi) is 20.5. The van der Waals surface area contributed by atoms with Crippen molar-refractivity contribution >= 4 is 23.9 Å². The van der Waals surface area contributed by atoms with Crippen LogP contribution in [-0.2, 0) is 74.9 Å². The van der Waals surface area contributed by atoms with Gasteiger partial charge in [-0.1, -0.05) is 132 Å². The highest BCUT2D eigenvalue weighted by Gasteiger charge is 2.59. The van der Waals surface area contributed by atoms with E-state index >= 15 is 0 Å². The van der Waals surface area contributed by atoms with Gasteiger partial charge in [0.1, 0.15) is 61.4 Å². The summed E-state index contributed by atoms with van der Waals surface area (Å²) in [6, 6.07) is 38.8. The van der Waals surface area contributed by atoms with Gasteiger partial charge in [0.2, 0.25) is 0 Å². The monoisotopic (exact) mass is 1090 g/mol. The quantitative estimate of drug-likeness (QED) is 0.0233. The number of ether oxygens (including phenoxy) is 12. The average Bonchev–Trinajstić information content (AvgIpc) is 3.60. The Labute approximate surface area is 453 Å². The molecule has 79 heavy (non-hydrogen) atoms. The number of hydrogen-bond acceptors (Lipinski definition) is 19. The van der Waals surface area contributed by atoms with Crippen LogP contribution in [0.15, 0.2) is 162 Å². The molecular formula is C56H58N6O17. The Morgan fingerprint density at radius 3 is 1.48 bits per heavy atom. The van der Waals surface area contributed by atoms with Crippen molar-refractivity contribution in [2.45, 2.75) is 119 Å². The maximum absolute atomic E-state index is 14.5. The van der Waals surface area contributed by atoms with Crippen LogP contribution >= 0.6 is 0 Å². The lowest BCUT2D eigenvalue weighted by Gasteiger charge is -2.50. The Balaban J connectivity index is 1.24. The van der Waals surface area contributed by atoms with E-state index in [9.17, 15) is 35.3 Å². The molecule has 0 radical (unpaired) electrons. The van der Waals surface area contributed by atoms with Crippen LogP contribution in [0.4, 0.5) is 0 Å². The second kappa shape index (κ2) is 28.2. The highest BCUT2D eigenvalue weighted by atomic mass is 16.8. The van der Waals surface area contributed by atoms with E-state index in [0.29, 0.717) is 11.1 Å². The van der Waals surface area contributed by atoms with Crippen LogP contribution in [0.2, 0.25) is 0 Å². The van der Waals surface area contributed by atoms with E-state index in [1.165, 1.54) is 31.4 Å². The van der Waals surface area contributed by atoms with E-state index in [1.54, 1.807) is 128 Å². The Morgan fingerprint density at radius 1 is 0.532 bits per heavy atom. The Bertz CT molecular complexity index is 2870. The van der Waals surface area contributed by atoms with E-state index in [0.717, 1.165) is 7.11 Å². The number of nitrogens with zero attached hydrogens (tertiary/aromatic N) is 6. The van der Waals surface area contributed by atoms with Crippen LogP contribution in [0.1, 0.15) is 55.5 Å². The van der Waals surface area contributed by atoms with Gasteiger partial charge in [0.05, 0.1) is 43.1 Å². The van der Waals surface area contributed by atoms with Gasteiger partial charge in [0.15, 0.2) is 31.1 Å². The first-order chi connectivity index (χ1) is 38.5. The number of carbonyl (C=O) groups excluding carboxylic acids is 4. The first-order valence-corrected chi connectivity index (χ1v) is 25.2. The summed E-state index contributed by atoms with van der Waals surface area (Å²) in [6.07, 6.45) is -20.4. The van der Waals surface area contributed by atoms with Gasteiger partial charge in [0, 0.05) is 16.9 Å². The normalized spacial score (nSPS) is 28.4. The number of methoxy groups -OCH3 is 2. The fourth-order valence-corrected chi connectivity index (χ4v) is 9.31. The zero-order valence-corrected chi connectivity index (χ0v) is 43.1. The van der Waals surface area contributed by atoms with Crippen LogP contribution in [0.25, 0.3) is 20.9 Å². The van der Waals surface area contributed by atoms with Crippen LogP contribution in [0.5, 0.6) is 0 Å². The number of aliphatic hydroxyl groups is 1. The largest absolute Gasteiger partial charge is 0.467 e. The molecule has 3 aliphatic heterocycles. The SMILES string of the molecule is CCC1O[C@@H](O[C@H]2C(C(=O)OC)O[C@@H](O[C@@H]3C(COC(=O)c4ccccc4)O[C@H](OC)C(N=[N+]=[N-])[C@@H]3OCc3ccccc3)C(OC(=O)c3ccccc3)[C@H]2OCc2ccccc2)C(N=[N+]=[N-])[C@@H](OC(=O)c2ccccc2)[C@@H]1O. The molecule has 0 saturated carbocycles. The molecule has 15 atom stereocenters. The third-order valence-corrected chi connectivity index (χ3v) is 13.2. The number of benzene rings is 5. The summed E-state index contributed by atoms with van der Waals surface area (Å²) in [4.78, 5) is 62.2. The van der Waals surface area contributed by atoms with Crippen molar-refractivity contribution in [3.63, 3.8) is 0 Å². The minimum atomic E-state index is -1.91. The molecule has 3 heterocycles. The van der Waals surface area contributed by atoms with Gasteiger partial charge in [-0.3, -0.25) is 0 Å². The summed E-state index contributed by atoms with van der Waals surface area (Å²) in [5.41, 5.74) is 21.7. The number of azide groups is 2. The molecule has 5 aromatic rings. The van der Waals surface area contributed by atoms with Gasteiger partial charge in [0.25, 0.3) is 0 Å². The number of hydrogen-bond donors (Lipinski definition) is 1. The summed E-state index contributed by atoms with van der Waals surface area (Å²) in [6.45, 7) is 0.825. The summed E-state index contributed by atoms with van der Waals surface area (Å²) in [5, 5.41) is 19.6. The van der Waals surface area contributed by atoms with Crippen molar-refractivity contribution < 1.29 is 81.1 Å². The molecule has 0 spiro atoms. The summed E-state index contributed by atoms with van der Waals surface area (Å²) in [7, 11) is 2.39. The second-order valence-electron chi connectivity index (χ2n) is 18.2. The molecule has 3 saturated heterocycles. The van der Waals surface area contributed by atoms with Gasteiger partial charge >= 0.3 is 23.9 Å². The lowest BCUT2D eigenvalue weighted by atomic mass is 9.93. The molecule has 23 heteroatoms. The third-order valence-electron chi connectivity index (χ3n) is 13.2. The fraction of sp³-hybridized carbons (Fsp3) is 0.393. The minimum Gasteiger partial charge on any atom is -0.467 e. The molecule has 8 rings (SSSR count). The van der Waals surface area contributed by atoms with Gasteiger partial charge in [-0.05, 0) is 65.0 Å². The molecule has 414 valence electrons. The fourth-order valence-electron chi connectivity index (χ4n) is 9.31. The van der Waals surface area contributed by atoms with Gasteiger partial charge in [-0.15, -0.1) is 0 Å². The predicted molar refractivity (Wildman–Crippen MR) is 275 cm³/mol. The van der Waals surface area contributed by atoms with Gasteiger partial charge in [-0.25, -0.2) is 19.2 Å². The van der Waals surface area contributed by atoms with E-state index in [2.05, 4.69) is 20.1 Å².